The van der Waals surface area contributed by atoms with Crippen molar-refractivity contribution in [3.05, 3.63) is 53.0 Å². The predicted molar refractivity (Wildman–Crippen MR) is 103 cm³/mol. The van der Waals surface area contributed by atoms with Crippen molar-refractivity contribution in [3.63, 3.8) is 0 Å². The molecule has 0 atom stereocenters. The van der Waals surface area contributed by atoms with E-state index in [1.165, 1.54) is 0 Å². The first-order chi connectivity index (χ1) is 12.1. The van der Waals surface area contributed by atoms with Crippen LogP contribution in [0.3, 0.4) is 0 Å². The molecule has 1 N–H and O–H groups in total. The molecule has 1 amide bonds. The van der Waals surface area contributed by atoms with Gasteiger partial charge in [-0.15, -0.1) is 0 Å². The molecule has 5 nitrogen and oxygen atoms in total. The van der Waals surface area contributed by atoms with Crippen LogP contribution in [0.25, 0.3) is 0 Å². The Morgan fingerprint density at radius 2 is 1.92 bits per heavy atom. The van der Waals surface area contributed by atoms with E-state index in [4.69, 9.17) is 9.47 Å². The number of carbonyl (C=O) groups excluding carboxylic acids is 1. The Balaban J connectivity index is 1.79. The summed E-state index contributed by atoms with van der Waals surface area (Å²) in [5.41, 5.74) is 0.728. The number of hydrogen-bond donors (Lipinski definition) is 1. The number of amides is 1. The van der Waals surface area contributed by atoms with E-state index in [0.29, 0.717) is 25.4 Å². The minimum Gasteiger partial charge on any atom is -0.497 e. The summed E-state index contributed by atoms with van der Waals surface area (Å²) in [6, 6.07) is 15.0. The van der Waals surface area contributed by atoms with Gasteiger partial charge in [0.1, 0.15) is 18.1 Å². The molecule has 2 aromatic rings. The summed E-state index contributed by atoms with van der Waals surface area (Å²) in [4.78, 5) is 14.3. The maximum Gasteiger partial charge on any atom is 0.238 e. The predicted octanol–water partition coefficient (Wildman–Crippen LogP) is 3.80. The summed E-state index contributed by atoms with van der Waals surface area (Å²) in [7, 11) is 1.60. The van der Waals surface area contributed by atoms with Crippen molar-refractivity contribution in [1.82, 2.24) is 4.90 Å². The summed E-state index contributed by atoms with van der Waals surface area (Å²) in [5, 5.41) is 2.89. The lowest BCUT2D eigenvalue weighted by Gasteiger charge is -2.20. The van der Waals surface area contributed by atoms with E-state index in [-0.39, 0.29) is 5.91 Å². The zero-order chi connectivity index (χ0) is 18.1. The first kappa shape index (κ1) is 19.3. The van der Waals surface area contributed by atoms with Gasteiger partial charge in [0.05, 0.1) is 13.7 Å². The fourth-order valence-corrected chi connectivity index (χ4v) is 2.68. The van der Waals surface area contributed by atoms with Crippen LogP contribution >= 0.6 is 15.9 Å². The largest absolute Gasteiger partial charge is 0.497 e. The van der Waals surface area contributed by atoms with E-state index >= 15 is 0 Å². The monoisotopic (exact) mass is 406 g/mol. The SMILES string of the molecule is CCN(CCOc1cccc(Br)c1)CC(=O)Nc1cccc(OC)c1. The van der Waals surface area contributed by atoms with Crippen LogP contribution in [-0.4, -0.2) is 44.2 Å². The lowest BCUT2D eigenvalue weighted by Crippen LogP contribution is -2.35. The molecule has 0 aliphatic carbocycles. The Kier molecular flexibility index (Phi) is 7.76. The van der Waals surface area contributed by atoms with Gasteiger partial charge >= 0.3 is 0 Å². The van der Waals surface area contributed by atoms with E-state index in [0.717, 1.165) is 22.5 Å². The molecule has 0 saturated heterocycles. The smallest absolute Gasteiger partial charge is 0.238 e. The molecule has 0 bridgehead atoms. The average Bonchev–Trinajstić information content (AvgIpc) is 2.61. The Labute approximate surface area is 157 Å². The summed E-state index contributed by atoms with van der Waals surface area (Å²) >= 11 is 3.42. The lowest BCUT2D eigenvalue weighted by atomic mass is 10.3. The number of anilines is 1. The van der Waals surface area contributed by atoms with Crippen molar-refractivity contribution >= 4 is 27.5 Å². The van der Waals surface area contributed by atoms with Gasteiger partial charge in [-0.25, -0.2) is 0 Å². The highest BCUT2D eigenvalue weighted by Crippen LogP contribution is 2.18. The summed E-state index contributed by atoms with van der Waals surface area (Å²) in [5.74, 6) is 1.47. The molecule has 0 aliphatic heterocycles. The van der Waals surface area contributed by atoms with Gasteiger partial charge in [0.15, 0.2) is 0 Å². The number of benzene rings is 2. The molecule has 25 heavy (non-hydrogen) atoms. The molecule has 0 aliphatic rings. The van der Waals surface area contributed by atoms with Gasteiger partial charge in [0, 0.05) is 22.8 Å². The topological polar surface area (TPSA) is 50.8 Å². The number of carbonyl (C=O) groups is 1. The molecule has 2 aromatic carbocycles. The van der Waals surface area contributed by atoms with E-state index in [1.807, 2.05) is 54.3 Å². The van der Waals surface area contributed by atoms with Gasteiger partial charge < -0.3 is 14.8 Å². The third-order valence-corrected chi connectivity index (χ3v) is 4.13. The molecule has 0 radical (unpaired) electrons. The maximum absolute atomic E-state index is 12.2. The summed E-state index contributed by atoms with van der Waals surface area (Å²) in [6.07, 6.45) is 0. The van der Waals surface area contributed by atoms with Gasteiger partial charge in [-0.3, -0.25) is 9.69 Å². The Bertz CT molecular complexity index is 694. The fraction of sp³-hybridized carbons (Fsp3) is 0.316. The van der Waals surface area contributed by atoms with Crippen LogP contribution in [0, 0.1) is 0 Å². The molecule has 0 spiro atoms. The van der Waals surface area contributed by atoms with Crippen molar-refractivity contribution in [2.24, 2.45) is 0 Å². The van der Waals surface area contributed by atoms with Crippen molar-refractivity contribution < 1.29 is 14.3 Å². The normalized spacial score (nSPS) is 10.6. The highest BCUT2D eigenvalue weighted by Gasteiger charge is 2.10. The van der Waals surface area contributed by atoms with Crippen molar-refractivity contribution in [3.8, 4) is 11.5 Å². The Morgan fingerprint density at radius 3 is 2.64 bits per heavy atom. The molecule has 0 fully saturated rings. The molecule has 6 heteroatoms. The molecular weight excluding hydrogens is 384 g/mol. The van der Waals surface area contributed by atoms with Gasteiger partial charge in [0.2, 0.25) is 5.91 Å². The summed E-state index contributed by atoms with van der Waals surface area (Å²) in [6.45, 7) is 4.31. The number of likely N-dealkylation sites (N-methyl/N-ethyl adjacent to an activating group) is 1. The van der Waals surface area contributed by atoms with Crippen molar-refractivity contribution in [2.45, 2.75) is 6.92 Å². The Hall–Kier alpha value is -2.05. The molecule has 2 rings (SSSR count). The van der Waals surface area contributed by atoms with E-state index in [9.17, 15) is 4.79 Å². The number of nitrogens with zero attached hydrogens (tertiary/aromatic N) is 1. The van der Waals surface area contributed by atoms with Crippen LogP contribution in [0.1, 0.15) is 6.92 Å². The summed E-state index contributed by atoms with van der Waals surface area (Å²) < 4.78 is 11.9. The van der Waals surface area contributed by atoms with Gasteiger partial charge in [-0.1, -0.05) is 35.0 Å². The van der Waals surface area contributed by atoms with Gasteiger partial charge in [-0.2, -0.15) is 0 Å². The van der Waals surface area contributed by atoms with Crippen molar-refractivity contribution in [2.75, 3.05) is 38.7 Å². The van der Waals surface area contributed by atoms with E-state index in [1.54, 1.807) is 13.2 Å². The first-order valence-electron chi connectivity index (χ1n) is 8.15. The highest BCUT2D eigenvalue weighted by atomic mass is 79.9. The third kappa shape index (κ3) is 6.76. The molecule has 134 valence electrons. The molecule has 0 saturated carbocycles. The number of methoxy groups -OCH3 is 1. The van der Waals surface area contributed by atoms with E-state index in [2.05, 4.69) is 21.2 Å². The fourth-order valence-electron chi connectivity index (χ4n) is 2.30. The Morgan fingerprint density at radius 1 is 1.16 bits per heavy atom. The number of ether oxygens (including phenoxy) is 2. The van der Waals surface area contributed by atoms with Crippen molar-refractivity contribution in [1.29, 1.82) is 0 Å². The molecule has 0 aromatic heterocycles. The highest BCUT2D eigenvalue weighted by molar-refractivity contribution is 9.10. The zero-order valence-corrected chi connectivity index (χ0v) is 16.1. The molecule has 0 unspecified atom stereocenters. The third-order valence-electron chi connectivity index (χ3n) is 3.64. The minimum atomic E-state index is -0.0578. The zero-order valence-electron chi connectivity index (χ0n) is 14.5. The quantitative estimate of drug-likeness (QED) is 0.687. The minimum absolute atomic E-state index is 0.0578. The first-order valence-corrected chi connectivity index (χ1v) is 8.94. The number of halogens is 1. The second-order valence-corrected chi connectivity index (χ2v) is 6.37. The lowest BCUT2D eigenvalue weighted by molar-refractivity contribution is -0.117. The van der Waals surface area contributed by atoms with Crippen LogP contribution in [-0.2, 0) is 4.79 Å². The molecule has 0 heterocycles. The number of hydrogen-bond acceptors (Lipinski definition) is 4. The van der Waals surface area contributed by atoms with Crippen LogP contribution in [0.4, 0.5) is 5.69 Å². The van der Waals surface area contributed by atoms with Crippen LogP contribution in [0.5, 0.6) is 11.5 Å². The average molecular weight is 407 g/mol. The van der Waals surface area contributed by atoms with Crippen LogP contribution < -0.4 is 14.8 Å². The standard InChI is InChI=1S/C19H23BrN2O3/c1-3-22(10-11-25-18-9-4-6-15(20)12-18)14-19(23)21-16-7-5-8-17(13-16)24-2/h4-9,12-13H,3,10-11,14H2,1-2H3,(H,21,23). The maximum atomic E-state index is 12.2. The second kappa shape index (κ2) is 10.1. The number of rotatable bonds is 9. The van der Waals surface area contributed by atoms with Gasteiger partial charge in [-0.05, 0) is 36.9 Å². The van der Waals surface area contributed by atoms with Crippen LogP contribution in [0.2, 0.25) is 0 Å². The molecular formula is C19H23BrN2O3. The van der Waals surface area contributed by atoms with E-state index < -0.39 is 0 Å². The number of nitrogens with one attached hydrogen (secondary N) is 1. The van der Waals surface area contributed by atoms with Crippen LogP contribution in [0.15, 0.2) is 53.0 Å². The second-order valence-electron chi connectivity index (χ2n) is 5.45. The van der Waals surface area contributed by atoms with Gasteiger partial charge in [0.25, 0.3) is 0 Å².